The van der Waals surface area contributed by atoms with Gasteiger partial charge in [0.25, 0.3) is 0 Å². The zero-order valence-corrected chi connectivity index (χ0v) is 16.6. The zero-order chi connectivity index (χ0) is 21.5. The van der Waals surface area contributed by atoms with Crippen LogP contribution in [0, 0.1) is 5.82 Å². The largest absolute Gasteiger partial charge is 0.457 e. The standard InChI is InChI=1S/C24H20FN3O3/c25-19-12-10-17(11-13-19)24-27-23(31-28-24)15-14-22(29)26-16-18-6-4-5-9-21(18)30-20-7-2-1-3-8-20/h1-13H,14-16H2,(H,26,29). The first kappa shape index (κ1) is 20.3. The molecule has 0 aliphatic rings. The van der Waals surface area contributed by atoms with Crippen molar-refractivity contribution < 1.29 is 18.4 Å². The lowest BCUT2D eigenvalue weighted by molar-refractivity contribution is -0.121. The summed E-state index contributed by atoms with van der Waals surface area (Å²) in [5, 5.41) is 6.77. The highest BCUT2D eigenvalue weighted by molar-refractivity contribution is 5.76. The summed E-state index contributed by atoms with van der Waals surface area (Å²) in [6.45, 7) is 0.340. The number of nitrogens with one attached hydrogen (secondary N) is 1. The van der Waals surface area contributed by atoms with E-state index in [1.54, 1.807) is 12.1 Å². The van der Waals surface area contributed by atoms with Gasteiger partial charge in [-0.1, -0.05) is 41.6 Å². The predicted molar refractivity (Wildman–Crippen MR) is 113 cm³/mol. The summed E-state index contributed by atoms with van der Waals surface area (Å²) in [6.07, 6.45) is 0.509. The first-order valence-electron chi connectivity index (χ1n) is 9.83. The summed E-state index contributed by atoms with van der Waals surface area (Å²) in [5.41, 5.74) is 1.52. The third-order valence-electron chi connectivity index (χ3n) is 4.56. The number of halogens is 1. The van der Waals surface area contributed by atoms with Crippen molar-refractivity contribution in [2.24, 2.45) is 0 Å². The second-order valence-corrected chi connectivity index (χ2v) is 6.82. The fourth-order valence-electron chi connectivity index (χ4n) is 2.94. The summed E-state index contributed by atoms with van der Waals surface area (Å²) in [4.78, 5) is 16.6. The highest BCUT2D eigenvalue weighted by Gasteiger charge is 2.12. The quantitative estimate of drug-likeness (QED) is 0.440. The average molecular weight is 417 g/mol. The van der Waals surface area contributed by atoms with Crippen molar-refractivity contribution in [2.45, 2.75) is 19.4 Å². The van der Waals surface area contributed by atoms with Crippen LogP contribution in [0.1, 0.15) is 17.9 Å². The van der Waals surface area contributed by atoms with Crippen molar-refractivity contribution in [3.63, 3.8) is 0 Å². The van der Waals surface area contributed by atoms with E-state index in [0.29, 0.717) is 36.0 Å². The van der Waals surface area contributed by atoms with E-state index in [2.05, 4.69) is 15.5 Å². The predicted octanol–water partition coefficient (Wildman–Crippen LogP) is 4.92. The lowest BCUT2D eigenvalue weighted by atomic mass is 10.2. The third kappa shape index (κ3) is 5.54. The normalized spacial score (nSPS) is 10.6. The summed E-state index contributed by atoms with van der Waals surface area (Å²) in [7, 11) is 0. The van der Waals surface area contributed by atoms with Crippen LogP contribution in [0.25, 0.3) is 11.4 Å². The van der Waals surface area contributed by atoms with E-state index in [1.807, 2.05) is 54.6 Å². The van der Waals surface area contributed by atoms with Crippen LogP contribution in [0.15, 0.2) is 83.4 Å². The fraction of sp³-hybridized carbons (Fsp3) is 0.125. The Morgan fingerprint density at radius 2 is 1.71 bits per heavy atom. The van der Waals surface area contributed by atoms with Gasteiger partial charge in [-0.05, 0) is 42.5 Å². The van der Waals surface area contributed by atoms with Gasteiger partial charge in [-0.25, -0.2) is 4.39 Å². The summed E-state index contributed by atoms with van der Waals surface area (Å²) >= 11 is 0. The van der Waals surface area contributed by atoms with Crippen molar-refractivity contribution in [2.75, 3.05) is 0 Å². The third-order valence-corrected chi connectivity index (χ3v) is 4.56. The summed E-state index contributed by atoms with van der Waals surface area (Å²) in [6, 6.07) is 22.8. The molecule has 0 fully saturated rings. The van der Waals surface area contributed by atoms with E-state index in [9.17, 15) is 9.18 Å². The van der Waals surface area contributed by atoms with Crippen LogP contribution >= 0.6 is 0 Å². The van der Waals surface area contributed by atoms with Gasteiger partial charge in [0.2, 0.25) is 17.6 Å². The van der Waals surface area contributed by atoms with Gasteiger partial charge in [0, 0.05) is 30.5 Å². The molecular formula is C24H20FN3O3. The van der Waals surface area contributed by atoms with Gasteiger partial charge in [-0.3, -0.25) is 4.79 Å². The molecule has 1 heterocycles. The Bertz CT molecular complexity index is 1140. The fourth-order valence-corrected chi connectivity index (χ4v) is 2.94. The molecule has 1 amide bonds. The minimum Gasteiger partial charge on any atom is -0.457 e. The Kier molecular flexibility index (Phi) is 6.32. The molecule has 7 heteroatoms. The molecule has 31 heavy (non-hydrogen) atoms. The molecule has 156 valence electrons. The van der Waals surface area contributed by atoms with Gasteiger partial charge < -0.3 is 14.6 Å². The molecular weight excluding hydrogens is 397 g/mol. The van der Waals surface area contributed by atoms with Crippen LogP contribution in [0.3, 0.4) is 0 Å². The van der Waals surface area contributed by atoms with Crippen molar-refractivity contribution in [1.82, 2.24) is 15.5 Å². The molecule has 1 aromatic heterocycles. The van der Waals surface area contributed by atoms with Gasteiger partial charge >= 0.3 is 0 Å². The minimum absolute atomic E-state index is 0.143. The Labute approximate surface area is 178 Å². The van der Waals surface area contributed by atoms with Crippen LogP contribution < -0.4 is 10.1 Å². The number of nitrogens with zero attached hydrogens (tertiary/aromatic N) is 2. The Morgan fingerprint density at radius 3 is 2.52 bits per heavy atom. The molecule has 0 bridgehead atoms. The van der Waals surface area contributed by atoms with Crippen molar-refractivity contribution in [3.05, 3.63) is 96.1 Å². The maximum atomic E-state index is 13.0. The maximum Gasteiger partial charge on any atom is 0.227 e. The number of benzene rings is 3. The molecule has 0 saturated heterocycles. The maximum absolute atomic E-state index is 13.0. The molecule has 1 N–H and O–H groups in total. The van der Waals surface area contributed by atoms with Crippen LogP contribution in [0.4, 0.5) is 4.39 Å². The number of para-hydroxylation sites is 2. The molecule has 0 spiro atoms. The van der Waals surface area contributed by atoms with E-state index in [-0.39, 0.29) is 18.1 Å². The SMILES string of the molecule is O=C(CCc1nc(-c2ccc(F)cc2)no1)NCc1ccccc1Oc1ccccc1. The van der Waals surface area contributed by atoms with E-state index in [4.69, 9.17) is 9.26 Å². The molecule has 4 aromatic rings. The second kappa shape index (κ2) is 9.67. The average Bonchev–Trinajstić information content (AvgIpc) is 3.27. The topological polar surface area (TPSA) is 77.2 Å². The molecule has 0 aliphatic carbocycles. The second-order valence-electron chi connectivity index (χ2n) is 6.82. The van der Waals surface area contributed by atoms with Crippen LogP contribution in [0.5, 0.6) is 11.5 Å². The van der Waals surface area contributed by atoms with Crippen molar-refractivity contribution in [3.8, 4) is 22.9 Å². The van der Waals surface area contributed by atoms with Crippen LogP contribution in [-0.2, 0) is 17.8 Å². The van der Waals surface area contributed by atoms with Gasteiger partial charge in [0.05, 0.1) is 0 Å². The molecule has 0 unspecified atom stereocenters. The van der Waals surface area contributed by atoms with E-state index >= 15 is 0 Å². The highest BCUT2D eigenvalue weighted by atomic mass is 19.1. The van der Waals surface area contributed by atoms with Crippen LogP contribution in [0.2, 0.25) is 0 Å². The molecule has 3 aromatic carbocycles. The highest BCUT2D eigenvalue weighted by Crippen LogP contribution is 2.25. The number of ether oxygens (including phenoxy) is 1. The first-order valence-corrected chi connectivity index (χ1v) is 9.83. The lowest BCUT2D eigenvalue weighted by Crippen LogP contribution is -2.23. The number of carbonyl (C=O) groups excluding carboxylic acids is 1. The number of hydrogen-bond donors (Lipinski definition) is 1. The number of aromatic nitrogens is 2. The van der Waals surface area contributed by atoms with Gasteiger partial charge in [0.1, 0.15) is 17.3 Å². The number of aryl methyl sites for hydroxylation is 1. The molecule has 0 atom stereocenters. The number of amides is 1. The summed E-state index contributed by atoms with van der Waals surface area (Å²) in [5.74, 6) is 1.66. The van der Waals surface area contributed by atoms with Gasteiger partial charge in [-0.2, -0.15) is 4.98 Å². The zero-order valence-electron chi connectivity index (χ0n) is 16.6. The molecule has 6 nitrogen and oxygen atoms in total. The molecule has 0 aliphatic heterocycles. The van der Waals surface area contributed by atoms with E-state index < -0.39 is 0 Å². The Morgan fingerprint density at radius 1 is 0.968 bits per heavy atom. The number of hydrogen-bond acceptors (Lipinski definition) is 5. The molecule has 4 rings (SSSR count). The Hall–Kier alpha value is -4.00. The monoisotopic (exact) mass is 417 g/mol. The van der Waals surface area contributed by atoms with Crippen LogP contribution in [-0.4, -0.2) is 16.0 Å². The number of rotatable bonds is 8. The first-order chi connectivity index (χ1) is 15.2. The molecule has 0 saturated carbocycles. The van der Waals surface area contributed by atoms with Gasteiger partial charge in [0.15, 0.2) is 0 Å². The van der Waals surface area contributed by atoms with E-state index in [0.717, 1.165) is 11.3 Å². The summed E-state index contributed by atoms with van der Waals surface area (Å²) < 4.78 is 24.1. The lowest BCUT2D eigenvalue weighted by Gasteiger charge is -2.11. The van der Waals surface area contributed by atoms with Gasteiger partial charge in [-0.15, -0.1) is 0 Å². The minimum atomic E-state index is -0.333. The molecule has 0 radical (unpaired) electrons. The van der Waals surface area contributed by atoms with Crippen molar-refractivity contribution in [1.29, 1.82) is 0 Å². The van der Waals surface area contributed by atoms with E-state index in [1.165, 1.54) is 12.1 Å². The smallest absolute Gasteiger partial charge is 0.227 e. The Balaban J connectivity index is 1.30. The number of carbonyl (C=O) groups is 1. The van der Waals surface area contributed by atoms with Crippen molar-refractivity contribution >= 4 is 5.91 Å².